The van der Waals surface area contributed by atoms with E-state index in [1.807, 2.05) is 0 Å². The molecule has 2 rings (SSSR count). The van der Waals surface area contributed by atoms with Crippen molar-refractivity contribution in [2.45, 2.75) is 25.7 Å². The van der Waals surface area contributed by atoms with Gasteiger partial charge in [0.2, 0.25) is 5.91 Å². The lowest BCUT2D eigenvalue weighted by molar-refractivity contribution is -0.384. The quantitative estimate of drug-likeness (QED) is 0.635. The van der Waals surface area contributed by atoms with Gasteiger partial charge in [-0.3, -0.25) is 19.7 Å². The molecule has 1 aromatic rings. The van der Waals surface area contributed by atoms with E-state index in [2.05, 4.69) is 5.32 Å². The van der Waals surface area contributed by atoms with Crippen LogP contribution in [0.3, 0.4) is 0 Å². The van der Waals surface area contributed by atoms with E-state index in [0.717, 1.165) is 12.8 Å². The maximum Gasteiger partial charge on any atom is 0.307 e. The number of nitrogens with zero attached hydrogens (tertiary/aromatic N) is 1. The summed E-state index contributed by atoms with van der Waals surface area (Å²) in [5, 5.41) is 22.9. The van der Waals surface area contributed by atoms with Crippen molar-refractivity contribution < 1.29 is 24.4 Å². The molecule has 0 radical (unpaired) electrons. The number of nitrogens with one attached hydrogen (secondary N) is 1. The number of anilines is 1. The highest BCUT2D eigenvalue weighted by molar-refractivity contribution is 5.97. The summed E-state index contributed by atoms with van der Waals surface area (Å²) >= 11 is 0. The first-order valence-corrected chi connectivity index (χ1v) is 7.30. The number of ether oxygens (including phenoxy) is 1. The van der Waals surface area contributed by atoms with E-state index in [9.17, 15) is 24.8 Å². The third kappa shape index (κ3) is 3.77. The molecular formula is C15H18N2O6. The average molecular weight is 322 g/mol. The maximum atomic E-state index is 12.4. The fraction of sp³-hybridized carbons (Fsp3) is 0.467. The second-order valence-corrected chi connectivity index (χ2v) is 5.47. The van der Waals surface area contributed by atoms with Crippen molar-refractivity contribution in [3.8, 4) is 5.75 Å². The zero-order valence-electron chi connectivity index (χ0n) is 12.7. The number of methoxy groups -OCH3 is 1. The number of rotatable bonds is 5. The smallest absolute Gasteiger partial charge is 0.307 e. The Morgan fingerprint density at radius 1 is 1.30 bits per heavy atom. The van der Waals surface area contributed by atoms with Gasteiger partial charge in [0.1, 0.15) is 11.4 Å². The van der Waals surface area contributed by atoms with Crippen molar-refractivity contribution in [2.75, 3.05) is 12.4 Å². The zero-order chi connectivity index (χ0) is 17.0. The Hall–Kier alpha value is -2.64. The van der Waals surface area contributed by atoms with Gasteiger partial charge in [-0.1, -0.05) is 12.8 Å². The Balaban J connectivity index is 2.22. The molecule has 23 heavy (non-hydrogen) atoms. The monoisotopic (exact) mass is 322 g/mol. The van der Waals surface area contributed by atoms with Crippen molar-refractivity contribution in [3.63, 3.8) is 0 Å². The van der Waals surface area contributed by atoms with Crippen LogP contribution in [0.4, 0.5) is 11.4 Å². The molecule has 8 nitrogen and oxygen atoms in total. The lowest BCUT2D eigenvalue weighted by Gasteiger charge is -2.27. The SMILES string of the molecule is COc1ccc(NC(=O)[C@@H]2CCCC[C@@H]2C(=O)O)c([N+](=O)[O-])c1. The summed E-state index contributed by atoms with van der Waals surface area (Å²) in [6.07, 6.45) is 2.45. The van der Waals surface area contributed by atoms with E-state index in [4.69, 9.17) is 4.74 Å². The highest BCUT2D eigenvalue weighted by atomic mass is 16.6. The Morgan fingerprint density at radius 3 is 2.52 bits per heavy atom. The normalized spacial score (nSPS) is 20.6. The number of aliphatic carboxylic acids is 1. The van der Waals surface area contributed by atoms with Crippen LogP contribution >= 0.6 is 0 Å². The minimum absolute atomic E-state index is 0.0375. The molecule has 2 N–H and O–H groups in total. The lowest BCUT2D eigenvalue weighted by atomic mass is 9.78. The third-order valence-electron chi connectivity index (χ3n) is 4.08. The molecule has 0 spiro atoms. The van der Waals surface area contributed by atoms with E-state index in [-0.39, 0.29) is 11.4 Å². The molecule has 1 saturated carbocycles. The van der Waals surface area contributed by atoms with Crippen molar-refractivity contribution in [3.05, 3.63) is 28.3 Å². The molecule has 0 unspecified atom stereocenters. The van der Waals surface area contributed by atoms with Crippen LogP contribution < -0.4 is 10.1 Å². The first-order valence-electron chi connectivity index (χ1n) is 7.30. The number of hydrogen-bond donors (Lipinski definition) is 2. The summed E-state index contributed by atoms with van der Waals surface area (Å²) < 4.78 is 4.93. The van der Waals surface area contributed by atoms with Gasteiger partial charge in [0.05, 0.1) is 29.9 Å². The fourth-order valence-corrected chi connectivity index (χ4v) is 2.86. The minimum atomic E-state index is -1.01. The van der Waals surface area contributed by atoms with Crippen LogP contribution in [0.2, 0.25) is 0 Å². The van der Waals surface area contributed by atoms with Crippen molar-refractivity contribution >= 4 is 23.3 Å². The minimum Gasteiger partial charge on any atom is -0.496 e. The summed E-state index contributed by atoms with van der Waals surface area (Å²) in [5.41, 5.74) is -0.254. The van der Waals surface area contributed by atoms with Gasteiger partial charge in [0, 0.05) is 0 Å². The summed E-state index contributed by atoms with van der Waals surface area (Å²) in [6.45, 7) is 0. The van der Waals surface area contributed by atoms with Gasteiger partial charge in [-0.2, -0.15) is 0 Å². The van der Waals surface area contributed by atoms with Crippen LogP contribution in [0.1, 0.15) is 25.7 Å². The summed E-state index contributed by atoms with van der Waals surface area (Å²) in [7, 11) is 1.39. The van der Waals surface area contributed by atoms with E-state index >= 15 is 0 Å². The number of carbonyl (C=O) groups excluding carboxylic acids is 1. The molecule has 0 aliphatic heterocycles. The maximum absolute atomic E-state index is 12.4. The van der Waals surface area contributed by atoms with Gasteiger partial charge in [0.25, 0.3) is 5.69 Å². The predicted octanol–water partition coefficient (Wildman–Crippen LogP) is 2.43. The molecule has 0 bridgehead atoms. The van der Waals surface area contributed by atoms with Crippen molar-refractivity contribution in [1.82, 2.24) is 0 Å². The van der Waals surface area contributed by atoms with E-state index in [1.54, 1.807) is 0 Å². The van der Waals surface area contributed by atoms with Gasteiger partial charge in [-0.05, 0) is 25.0 Å². The summed E-state index contributed by atoms with van der Waals surface area (Å²) in [6, 6.07) is 4.09. The molecule has 2 atom stereocenters. The molecular weight excluding hydrogens is 304 g/mol. The van der Waals surface area contributed by atoms with Gasteiger partial charge in [0.15, 0.2) is 0 Å². The number of amides is 1. The molecule has 1 amide bonds. The highest BCUT2D eigenvalue weighted by Gasteiger charge is 2.36. The highest BCUT2D eigenvalue weighted by Crippen LogP contribution is 2.33. The van der Waals surface area contributed by atoms with Crippen LogP contribution in [-0.4, -0.2) is 29.0 Å². The molecule has 0 aromatic heterocycles. The van der Waals surface area contributed by atoms with E-state index in [1.165, 1.54) is 25.3 Å². The number of hydrogen-bond acceptors (Lipinski definition) is 5. The number of carboxylic acid groups (broad SMARTS) is 1. The van der Waals surface area contributed by atoms with Crippen molar-refractivity contribution in [2.24, 2.45) is 11.8 Å². The second kappa shape index (κ2) is 7.08. The van der Waals surface area contributed by atoms with Crippen LogP contribution in [0.5, 0.6) is 5.75 Å². The van der Waals surface area contributed by atoms with Crippen LogP contribution in [0.15, 0.2) is 18.2 Å². The zero-order valence-corrected chi connectivity index (χ0v) is 12.7. The number of nitro benzene ring substituents is 1. The molecule has 0 heterocycles. The first-order chi connectivity index (χ1) is 10.9. The average Bonchev–Trinajstić information content (AvgIpc) is 2.54. The standard InChI is InChI=1S/C15H18N2O6/c1-23-9-6-7-12(13(8-9)17(21)22)16-14(18)10-4-2-3-5-11(10)15(19)20/h6-8,10-11H,2-5H2,1H3,(H,16,18)(H,19,20)/t10-,11+/m1/s1. The topological polar surface area (TPSA) is 119 Å². The van der Waals surface area contributed by atoms with Gasteiger partial charge >= 0.3 is 5.97 Å². The molecule has 1 fully saturated rings. The van der Waals surface area contributed by atoms with E-state index in [0.29, 0.717) is 18.6 Å². The largest absolute Gasteiger partial charge is 0.496 e. The van der Waals surface area contributed by atoms with Crippen LogP contribution in [0.25, 0.3) is 0 Å². The Kier molecular flexibility index (Phi) is 5.15. The Bertz CT molecular complexity index is 630. The van der Waals surface area contributed by atoms with Gasteiger partial charge in [-0.15, -0.1) is 0 Å². The summed E-state index contributed by atoms with van der Waals surface area (Å²) in [4.78, 5) is 34.2. The Labute approximate surface area is 132 Å². The Morgan fingerprint density at radius 2 is 1.96 bits per heavy atom. The van der Waals surface area contributed by atoms with Crippen LogP contribution in [0, 0.1) is 22.0 Å². The molecule has 1 aromatic carbocycles. The van der Waals surface area contributed by atoms with Gasteiger partial charge < -0.3 is 15.2 Å². The lowest BCUT2D eigenvalue weighted by Crippen LogP contribution is -2.36. The first kappa shape index (κ1) is 16.7. The van der Waals surface area contributed by atoms with E-state index < -0.39 is 28.6 Å². The van der Waals surface area contributed by atoms with Gasteiger partial charge in [-0.25, -0.2) is 0 Å². The van der Waals surface area contributed by atoms with Crippen molar-refractivity contribution in [1.29, 1.82) is 0 Å². The number of nitro groups is 1. The summed E-state index contributed by atoms with van der Waals surface area (Å²) in [5.74, 6) is -2.63. The molecule has 8 heteroatoms. The molecule has 1 aliphatic rings. The number of carboxylic acids is 1. The fourth-order valence-electron chi connectivity index (χ4n) is 2.86. The number of carbonyl (C=O) groups is 2. The van der Waals surface area contributed by atoms with Crippen LogP contribution in [-0.2, 0) is 9.59 Å². The second-order valence-electron chi connectivity index (χ2n) is 5.47. The molecule has 1 aliphatic carbocycles. The predicted molar refractivity (Wildman–Crippen MR) is 81.4 cm³/mol. The molecule has 0 saturated heterocycles. The third-order valence-corrected chi connectivity index (χ3v) is 4.08. The molecule has 124 valence electrons. The number of benzene rings is 1.